The summed E-state index contributed by atoms with van der Waals surface area (Å²) in [4.78, 5) is 0. The third-order valence-electron chi connectivity index (χ3n) is 3.36. The van der Waals surface area contributed by atoms with Gasteiger partial charge in [-0.05, 0) is 55.3 Å². The summed E-state index contributed by atoms with van der Waals surface area (Å²) < 4.78 is 13.2. The van der Waals surface area contributed by atoms with Crippen LogP contribution in [0, 0.1) is 19.7 Å². The molecule has 2 aromatic rings. The molecule has 0 amide bonds. The van der Waals surface area contributed by atoms with Gasteiger partial charge in [0.05, 0.1) is 6.04 Å². The fourth-order valence-corrected chi connectivity index (χ4v) is 2.57. The van der Waals surface area contributed by atoms with E-state index in [0.717, 1.165) is 27.3 Å². The molecule has 0 aliphatic heterocycles. The van der Waals surface area contributed by atoms with Crippen LogP contribution in [0.3, 0.4) is 0 Å². The highest BCUT2D eigenvalue weighted by Gasteiger charge is 2.18. The van der Waals surface area contributed by atoms with Gasteiger partial charge in [-0.15, -0.1) is 0 Å². The summed E-state index contributed by atoms with van der Waals surface area (Å²) in [5, 5.41) is 4.01. The molecule has 19 heavy (non-hydrogen) atoms. The van der Waals surface area contributed by atoms with Gasteiger partial charge in [0.15, 0.2) is 0 Å². The average Bonchev–Trinajstić information content (AvgIpc) is 2.37. The van der Waals surface area contributed by atoms with Crippen molar-refractivity contribution in [1.29, 1.82) is 0 Å². The Hall–Kier alpha value is -1.38. The molecule has 1 atom stereocenters. The van der Waals surface area contributed by atoms with Gasteiger partial charge >= 0.3 is 0 Å². The average molecular weight is 278 g/mol. The first-order valence-electron chi connectivity index (χ1n) is 6.23. The number of rotatable bonds is 3. The maximum atomic E-state index is 13.2. The first-order valence-corrected chi connectivity index (χ1v) is 6.60. The van der Waals surface area contributed by atoms with Crippen LogP contribution in [0.25, 0.3) is 0 Å². The van der Waals surface area contributed by atoms with E-state index in [-0.39, 0.29) is 11.9 Å². The van der Waals surface area contributed by atoms with E-state index in [4.69, 9.17) is 11.6 Å². The van der Waals surface area contributed by atoms with Crippen molar-refractivity contribution in [3.8, 4) is 0 Å². The smallest absolute Gasteiger partial charge is 0.123 e. The highest BCUT2D eigenvalue weighted by Crippen LogP contribution is 2.31. The lowest BCUT2D eigenvalue weighted by Gasteiger charge is -2.21. The Morgan fingerprint density at radius 3 is 2.42 bits per heavy atom. The molecule has 3 heteroatoms. The molecule has 0 spiro atoms. The molecule has 0 radical (unpaired) electrons. The minimum atomic E-state index is -0.216. The predicted molar refractivity (Wildman–Crippen MR) is 78.2 cm³/mol. The van der Waals surface area contributed by atoms with Gasteiger partial charge in [-0.3, -0.25) is 0 Å². The van der Waals surface area contributed by atoms with E-state index in [1.165, 1.54) is 6.07 Å². The van der Waals surface area contributed by atoms with Gasteiger partial charge in [-0.1, -0.05) is 35.9 Å². The second-order valence-electron chi connectivity index (χ2n) is 4.70. The van der Waals surface area contributed by atoms with Crippen molar-refractivity contribution in [2.45, 2.75) is 19.9 Å². The molecule has 0 fully saturated rings. The number of aryl methyl sites for hydroxylation is 2. The molecular weight excluding hydrogens is 261 g/mol. The lowest BCUT2D eigenvalue weighted by molar-refractivity contribution is 0.621. The first kappa shape index (κ1) is 14.0. The monoisotopic (exact) mass is 277 g/mol. The molecule has 0 saturated heterocycles. The fraction of sp³-hybridized carbons (Fsp3) is 0.250. The minimum Gasteiger partial charge on any atom is -0.309 e. The van der Waals surface area contributed by atoms with Crippen molar-refractivity contribution in [2.24, 2.45) is 0 Å². The van der Waals surface area contributed by atoms with Crippen LogP contribution in [0.15, 0.2) is 36.4 Å². The van der Waals surface area contributed by atoms with E-state index in [0.29, 0.717) is 0 Å². The number of nitrogens with one attached hydrogen (secondary N) is 1. The maximum Gasteiger partial charge on any atom is 0.123 e. The van der Waals surface area contributed by atoms with Crippen molar-refractivity contribution in [3.63, 3.8) is 0 Å². The second kappa shape index (κ2) is 5.72. The van der Waals surface area contributed by atoms with Gasteiger partial charge in [0.25, 0.3) is 0 Å². The number of hydrogen-bond donors (Lipinski definition) is 1. The van der Waals surface area contributed by atoms with Crippen LogP contribution in [0.2, 0.25) is 5.02 Å². The van der Waals surface area contributed by atoms with Crippen molar-refractivity contribution in [3.05, 3.63) is 69.5 Å². The van der Waals surface area contributed by atoms with Gasteiger partial charge in [-0.2, -0.15) is 0 Å². The van der Waals surface area contributed by atoms with Gasteiger partial charge in [0.2, 0.25) is 0 Å². The number of benzene rings is 2. The van der Waals surface area contributed by atoms with Crippen molar-refractivity contribution >= 4 is 11.6 Å². The molecule has 100 valence electrons. The second-order valence-corrected chi connectivity index (χ2v) is 5.08. The number of halogens is 2. The molecule has 0 aliphatic rings. The lowest BCUT2D eigenvalue weighted by Crippen LogP contribution is -2.19. The summed E-state index contributed by atoms with van der Waals surface area (Å²) in [6.07, 6.45) is 0. The summed E-state index contributed by atoms with van der Waals surface area (Å²) in [6.45, 7) is 3.89. The molecule has 0 aromatic heterocycles. The van der Waals surface area contributed by atoms with Crippen LogP contribution >= 0.6 is 11.6 Å². The van der Waals surface area contributed by atoms with E-state index >= 15 is 0 Å². The highest BCUT2D eigenvalue weighted by atomic mass is 35.5. The van der Waals surface area contributed by atoms with Gasteiger partial charge in [0.1, 0.15) is 5.82 Å². The van der Waals surface area contributed by atoms with Gasteiger partial charge in [-0.25, -0.2) is 4.39 Å². The minimum absolute atomic E-state index is 0.0343. The fourth-order valence-electron chi connectivity index (χ4n) is 2.33. The number of hydrogen-bond acceptors (Lipinski definition) is 1. The Morgan fingerprint density at radius 2 is 1.79 bits per heavy atom. The van der Waals surface area contributed by atoms with Crippen LogP contribution in [0.5, 0.6) is 0 Å². The Balaban J connectivity index is 2.53. The summed E-state index contributed by atoms with van der Waals surface area (Å²) in [5.41, 5.74) is 4.01. The molecule has 0 aliphatic carbocycles. The van der Waals surface area contributed by atoms with Crippen molar-refractivity contribution in [2.75, 3.05) is 7.05 Å². The van der Waals surface area contributed by atoms with Crippen LogP contribution in [0.1, 0.15) is 28.3 Å². The molecule has 1 unspecified atom stereocenters. The molecular formula is C16H17ClFN. The summed E-state index contributed by atoms with van der Waals surface area (Å²) in [5.74, 6) is -0.216. The summed E-state index contributed by atoms with van der Waals surface area (Å²) >= 11 is 6.39. The zero-order chi connectivity index (χ0) is 14.0. The normalized spacial score (nSPS) is 12.5. The molecule has 2 rings (SSSR count). The van der Waals surface area contributed by atoms with Gasteiger partial charge < -0.3 is 5.32 Å². The Morgan fingerprint density at radius 1 is 1.05 bits per heavy atom. The Bertz CT molecular complexity index is 595. The summed E-state index contributed by atoms with van der Waals surface area (Å²) in [7, 11) is 1.88. The highest BCUT2D eigenvalue weighted by molar-refractivity contribution is 6.32. The largest absolute Gasteiger partial charge is 0.309 e. The molecule has 0 saturated carbocycles. The zero-order valence-electron chi connectivity index (χ0n) is 11.3. The molecule has 1 nitrogen and oxygen atoms in total. The molecule has 1 N–H and O–H groups in total. The third kappa shape index (κ3) is 2.80. The quantitative estimate of drug-likeness (QED) is 0.876. The van der Waals surface area contributed by atoms with Crippen LogP contribution in [0.4, 0.5) is 4.39 Å². The van der Waals surface area contributed by atoms with Crippen LogP contribution in [-0.2, 0) is 0 Å². The summed E-state index contributed by atoms with van der Waals surface area (Å²) in [6, 6.07) is 10.8. The van der Waals surface area contributed by atoms with E-state index < -0.39 is 0 Å². The maximum absolute atomic E-state index is 13.2. The van der Waals surface area contributed by atoms with Crippen LogP contribution < -0.4 is 5.32 Å². The van der Waals surface area contributed by atoms with E-state index in [1.54, 1.807) is 6.07 Å². The van der Waals surface area contributed by atoms with Crippen molar-refractivity contribution in [1.82, 2.24) is 5.32 Å². The van der Waals surface area contributed by atoms with Gasteiger partial charge in [0, 0.05) is 5.02 Å². The van der Waals surface area contributed by atoms with Crippen molar-refractivity contribution < 1.29 is 4.39 Å². The molecule has 2 aromatic carbocycles. The van der Waals surface area contributed by atoms with E-state index in [2.05, 4.69) is 5.32 Å². The third-order valence-corrected chi connectivity index (χ3v) is 3.88. The SMILES string of the molecule is CNC(c1ccc(F)cc1C)c1cccc(C)c1Cl. The standard InChI is InChI=1S/C16H17ClFN/c1-10-5-4-6-14(15(10)17)16(19-3)13-8-7-12(18)9-11(13)2/h4-9,16,19H,1-3H3. The Labute approximate surface area is 118 Å². The topological polar surface area (TPSA) is 12.0 Å². The lowest BCUT2D eigenvalue weighted by atomic mass is 9.94. The first-order chi connectivity index (χ1) is 9.04. The van der Waals surface area contributed by atoms with E-state index in [1.807, 2.05) is 45.2 Å². The van der Waals surface area contributed by atoms with E-state index in [9.17, 15) is 4.39 Å². The zero-order valence-corrected chi connectivity index (χ0v) is 12.1. The Kier molecular flexibility index (Phi) is 4.23. The predicted octanol–water partition coefficient (Wildman–Crippen LogP) is 4.40. The van der Waals surface area contributed by atoms with Crippen LogP contribution in [-0.4, -0.2) is 7.05 Å². The molecule has 0 heterocycles. The molecule has 0 bridgehead atoms.